The van der Waals surface area contributed by atoms with Crippen molar-refractivity contribution in [2.24, 2.45) is 0 Å². The van der Waals surface area contributed by atoms with E-state index in [1.165, 1.54) is 0 Å². The van der Waals surface area contributed by atoms with Crippen LogP contribution in [0.25, 0.3) is 0 Å². The topological polar surface area (TPSA) is 67.4 Å². The molecule has 0 bridgehead atoms. The highest BCUT2D eigenvalue weighted by Crippen LogP contribution is 2.19. The second-order valence-electron chi connectivity index (χ2n) is 5.58. The van der Waals surface area contributed by atoms with Gasteiger partial charge in [0.25, 0.3) is 0 Å². The highest BCUT2D eigenvalue weighted by atomic mass is 35.5. The van der Waals surface area contributed by atoms with E-state index in [9.17, 15) is 9.59 Å². The maximum Gasteiger partial charge on any atom is 0.338 e. The number of aryl methyl sites for hydroxylation is 1. The number of esters is 1. The van der Waals surface area contributed by atoms with E-state index >= 15 is 0 Å². The highest BCUT2D eigenvalue weighted by molar-refractivity contribution is 6.31. The smallest absolute Gasteiger partial charge is 0.338 e. The number of hydrogen-bond donors (Lipinski definition) is 2. The lowest BCUT2D eigenvalue weighted by Gasteiger charge is -2.09. The number of ether oxygens (including phenoxy) is 1. The fourth-order valence-corrected chi connectivity index (χ4v) is 2.24. The minimum Gasteiger partial charge on any atom is -0.462 e. The lowest BCUT2D eigenvalue weighted by Crippen LogP contribution is -2.21. The number of carbonyl (C=O) groups is 2. The molecule has 2 N–H and O–H groups in total. The quantitative estimate of drug-likeness (QED) is 0.724. The summed E-state index contributed by atoms with van der Waals surface area (Å²) in [6.07, 6.45) is 0.784. The second-order valence-corrected chi connectivity index (χ2v) is 5.99. The molecule has 0 aliphatic rings. The first-order valence-corrected chi connectivity index (χ1v) is 8.44. The SMILES string of the molecule is CCCOC(=O)c1ccc(NCC(=O)Nc2ccc(C)c(Cl)c2)cc1. The summed E-state index contributed by atoms with van der Waals surface area (Å²) in [6.45, 7) is 4.35. The number of anilines is 2. The van der Waals surface area contributed by atoms with Gasteiger partial charge in [-0.25, -0.2) is 4.79 Å². The summed E-state index contributed by atoms with van der Waals surface area (Å²) in [5.41, 5.74) is 2.83. The number of amides is 1. The Labute approximate surface area is 152 Å². The largest absolute Gasteiger partial charge is 0.462 e. The van der Waals surface area contributed by atoms with Gasteiger partial charge in [0, 0.05) is 16.4 Å². The predicted molar refractivity (Wildman–Crippen MR) is 100 cm³/mol. The molecular formula is C19H21ClN2O3. The van der Waals surface area contributed by atoms with Crippen LogP contribution < -0.4 is 10.6 Å². The molecule has 0 heterocycles. The molecule has 6 heteroatoms. The lowest BCUT2D eigenvalue weighted by molar-refractivity contribution is -0.114. The normalized spacial score (nSPS) is 10.2. The summed E-state index contributed by atoms with van der Waals surface area (Å²) in [6, 6.07) is 12.2. The fourth-order valence-electron chi connectivity index (χ4n) is 2.06. The summed E-state index contributed by atoms with van der Waals surface area (Å²) >= 11 is 6.04. The van der Waals surface area contributed by atoms with Gasteiger partial charge in [-0.05, 0) is 55.3 Å². The van der Waals surface area contributed by atoms with Crippen molar-refractivity contribution in [2.75, 3.05) is 23.8 Å². The van der Waals surface area contributed by atoms with E-state index in [4.69, 9.17) is 16.3 Å². The first kappa shape index (κ1) is 18.8. The molecule has 0 spiro atoms. The van der Waals surface area contributed by atoms with Crippen LogP contribution in [0.3, 0.4) is 0 Å². The first-order chi connectivity index (χ1) is 12.0. The molecule has 0 aliphatic carbocycles. The Morgan fingerprint density at radius 2 is 1.76 bits per heavy atom. The molecule has 1 amide bonds. The van der Waals surface area contributed by atoms with Crippen molar-refractivity contribution in [3.8, 4) is 0 Å². The van der Waals surface area contributed by atoms with E-state index < -0.39 is 0 Å². The van der Waals surface area contributed by atoms with E-state index in [0.29, 0.717) is 22.9 Å². The molecule has 0 saturated heterocycles. The molecule has 0 radical (unpaired) electrons. The Morgan fingerprint density at radius 1 is 1.08 bits per heavy atom. The summed E-state index contributed by atoms with van der Waals surface area (Å²) in [4.78, 5) is 23.7. The minimum atomic E-state index is -0.345. The maximum atomic E-state index is 12.0. The molecule has 2 rings (SSSR count). The van der Waals surface area contributed by atoms with Gasteiger partial charge in [-0.15, -0.1) is 0 Å². The van der Waals surface area contributed by atoms with Crippen LogP contribution in [0.5, 0.6) is 0 Å². The van der Waals surface area contributed by atoms with E-state index in [0.717, 1.165) is 17.7 Å². The Bertz CT molecular complexity index is 745. The molecule has 132 valence electrons. The maximum absolute atomic E-state index is 12.0. The predicted octanol–water partition coefficient (Wildman–Crippen LogP) is 4.27. The van der Waals surface area contributed by atoms with Gasteiger partial charge < -0.3 is 15.4 Å². The van der Waals surface area contributed by atoms with Crippen molar-refractivity contribution >= 4 is 34.9 Å². The monoisotopic (exact) mass is 360 g/mol. The van der Waals surface area contributed by atoms with Gasteiger partial charge in [-0.1, -0.05) is 24.6 Å². The zero-order valence-electron chi connectivity index (χ0n) is 14.3. The van der Waals surface area contributed by atoms with Gasteiger partial charge in [-0.3, -0.25) is 4.79 Å². The third-order valence-corrected chi connectivity index (χ3v) is 3.87. The molecule has 0 saturated carbocycles. The Morgan fingerprint density at radius 3 is 2.40 bits per heavy atom. The minimum absolute atomic E-state index is 0.102. The van der Waals surface area contributed by atoms with E-state index in [1.54, 1.807) is 36.4 Å². The molecule has 5 nitrogen and oxygen atoms in total. The van der Waals surface area contributed by atoms with Crippen molar-refractivity contribution in [2.45, 2.75) is 20.3 Å². The number of hydrogen-bond acceptors (Lipinski definition) is 4. The summed E-state index contributed by atoms with van der Waals surface area (Å²) in [5, 5.41) is 6.38. The summed E-state index contributed by atoms with van der Waals surface area (Å²) in [7, 11) is 0. The standard InChI is InChI=1S/C19H21ClN2O3/c1-3-10-25-19(24)14-5-8-15(9-6-14)21-12-18(23)22-16-7-4-13(2)17(20)11-16/h4-9,11,21H,3,10,12H2,1-2H3,(H,22,23). The van der Waals surface area contributed by atoms with Crippen molar-refractivity contribution in [1.29, 1.82) is 0 Å². The molecule has 0 aliphatic heterocycles. The van der Waals surface area contributed by atoms with Crippen LogP contribution in [0.1, 0.15) is 29.3 Å². The number of halogens is 1. The third-order valence-electron chi connectivity index (χ3n) is 3.47. The Balaban J connectivity index is 1.85. The summed E-state index contributed by atoms with van der Waals surface area (Å²) in [5.74, 6) is -0.534. The van der Waals surface area contributed by atoms with Crippen LogP contribution in [0.15, 0.2) is 42.5 Å². The zero-order chi connectivity index (χ0) is 18.2. The molecule has 2 aromatic carbocycles. The number of nitrogens with one attached hydrogen (secondary N) is 2. The lowest BCUT2D eigenvalue weighted by atomic mass is 10.2. The Hall–Kier alpha value is -2.53. The van der Waals surface area contributed by atoms with Crippen LogP contribution in [0.4, 0.5) is 11.4 Å². The van der Waals surface area contributed by atoms with Gasteiger partial charge in [-0.2, -0.15) is 0 Å². The Kier molecular flexibility index (Phi) is 6.83. The van der Waals surface area contributed by atoms with Gasteiger partial charge in [0.2, 0.25) is 5.91 Å². The molecule has 0 aromatic heterocycles. The van der Waals surface area contributed by atoms with Gasteiger partial charge in [0.05, 0.1) is 18.7 Å². The molecular weight excluding hydrogens is 340 g/mol. The zero-order valence-corrected chi connectivity index (χ0v) is 15.0. The second kappa shape index (κ2) is 9.08. The average Bonchev–Trinajstić information content (AvgIpc) is 2.61. The molecule has 0 atom stereocenters. The van der Waals surface area contributed by atoms with Crippen molar-refractivity contribution in [3.05, 3.63) is 58.6 Å². The van der Waals surface area contributed by atoms with Crippen LogP contribution in [0.2, 0.25) is 5.02 Å². The number of benzene rings is 2. The molecule has 2 aromatic rings. The van der Waals surface area contributed by atoms with E-state index in [-0.39, 0.29) is 18.4 Å². The number of rotatable bonds is 7. The van der Waals surface area contributed by atoms with E-state index in [1.807, 2.05) is 19.9 Å². The highest BCUT2D eigenvalue weighted by Gasteiger charge is 2.07. The fraction of sp³-hybridized carbons (Fsp3) is 0.263. The van der Waals surface area contributed by atoms with Crippen molar-refractivity contribution < 1.29 is 14.3 Å². The molecule has 0 fully saturated rings. The first-order valence-electron chi connectivity index (χ1n) is 8.06. The third kappa shape index (κ3) is 5.80. The van der Waals surface area contributed by atoms with Gasteiger partial charge in [0.1, 0.15) is 0 Å². The van der Waals surface area contributed by atoms with Gasteiger partial charge in [0.15, 0.2) is 0 Å². The van der Waals surface area contributed by atoms with Crippen LogP contribution in [0, 0.1) is 6.92 Å². The average molecular weight is 361 g/mol. The molecule has 25 heavy (non-hydrogen) atoms. The van der Waals surface area contributed by atoms with Crippen LogP contribution in [-0.2, 0) is 9.53 Å². The van der Waals surface area contributed by atoms with Crippen molar-refractivity contribution in [3.63, 3.8) is 0 Å². The van der Waals surface area contributed by atoms with Crippen LogP contribution in [-0.4, -0.2) is 25.0 Å². The van der Waals surface area contributed by atoms with Crippen molar-refractivity contribution in [1.82, 2.24) is 0 Å². The molecule has 0 unspecified atom stereocenters. The van der Waals surface area contributed by atoms with Gasteiger partial charge >= 0.3 is 5.97 Å². The number of carbonyl (C=O) groups excluding carboxylic acids is 2. The van der Waals surface area contributed by atoms with Crippen LogP contribution >= 0.6 is 11.6 Å². The van der Waals surface area contributed by atoms with E-state index in [2.05, 4.69) is 10.6 Å². The summed E-state index contributed by atoms with van der Waals surface area (Å²) < 4.78 is 5.07.